The largest absolute Gasteiger partial charge is 0.347 e. The van der Waals surface area contributed by atoms with Crippen LogP contribution >= 0.6 is 0 Å². The first-order valence-corrected chi connectivity index (χ1v) is 15.5. The van der Waals surface area contributed by atoms with Crippen LogP contribution in [-0.2, 0) is 20.9 Å². The van der Waals surface area contributed by atoms with Crippen molar-refractivity contribution in [3.05, 3.63) is 53.6 Å². The zero-order valence-corrected chi connectivity index (χ0v) is 28.0. The minimum atomic E-state index is -0.616. The highest BCUT2D eigenvalue weighted by molar-refractivity contribution is 5.88. The van der Waals surface area contributed by atoms with E-state index in [4.69, 9.17) is 5.21 Å². The van der Waals surface area contributed by atoms with Crippen molar-refractivity contribution in [2.45, 2.75) is 115 Å². The molecule has 0 bridgehead atoms. The van der Waals surface area contributed by atoms with Gasteiger partial charge in [-0.2, -0.15) is 0 Å². The lowest BCUT2D eigenvalue weighted by Gasteiger charge is -2.24. The zero-order chi connectivity index (χ0) is 32.2. The van der Waals surface area contributed by atoms with Gasteiger partial charge in [0.05, 0.1) is 6.54 Å². The maximum atomic E-state index is 13.0. The predicted molar refractivity (Wildman–Crippen MR) is 174 cm³/mol. The summed E-state index contributed by atoms with van der Waals surface area (Å²) in [4.78, 5) is 39.1. The first-order chi connectivity index (χ1) is 19.7. The Labute approximate surface area is 251 Å². The fourth-order valence-corrected chi connectivity index (χ4v) is 3.79. The quantitative estimate of drug-likeness (QED) is 0.119. The lowest BCUT2D eigenvalue weighted by molar-refractivity contribution is -0.137. The van der Waals surface area contributed by atoms with Crippen LogP contribution in [-0.4, -0.2) is 40.9 Å². The smallest absolute Gasteiger partial charge is 0.244 e. The molecule has 0 saturated heterocycles. The molecule has 0 aliphatic heterocycles. The maximum Gasteiger partial charge on any atom is 0.244 e. The molecular formula is C34H61N3O4. The van der Waals surface area contributed by atoms with Crippen molar-refractivity contribution in [1.29, 1.82) is 0 Å². The van der Waals surface area contributed by atoms with Crippen LogP contribution in [0.5, 0.6) is 0 Å². The van der Waals surface area contributed by atoms with Crippen molar-refractivity contribution >= 4 is 23.3 Å². The molecule has 0 heterocycles. The number of carbonyl (C=O) groups excluding carboxylic acids is 3. The van der Waals surface area contributed by atoms with Gasteiger partial charge in [-0.15, -0.1) is 0 Å². The van der Waals surface area contributed by atoms with Gasteiger partial charge < -0.3 is 10.2 Å². The second-order valence-corrected chi connectivity index (χ2v) is 9.60. The SMILES string of the molecule is C/C=C\C(=C/C)c1cccc(CN(CCCC)C(=O)CNC(=O)[C@@H](CC(=O)NO)CC(C)C)c1.CC.CC.CCC. The van der Waals surface area contributed by atoms with E-state index in [0.29, 0.717) is 19.5 Å². The van der Waals surface area contributed by atoms with Crippen molar-refractivity contribution in [2.24, 2.45) is 11.8 Å². The van der Waals surface area contributed by atoms with Crippen molar-refractivity contribution in [1.82, 2.24) is 15.7 Å². The van der Waals surface area contributed by atoms with Crippen molar-refractivity contribution in [3.8, 4) is 0 Å². The van der Waals surface area contributed by atoms with E-state index in [2.05, 4.69) is 50.4 Å². The number of allylic oxidation sites excluding steroid dienone is 4. The Morgan fingerprint density at radius 2 is 1.63 bits per heavy atom. The Morgan fingerprint density at radius 1 is 1.02 bits per heavy atom. The number of unbranched alkanes of at least 4 members (excludes halogenated alkanes) is 1. The molecule has 7 nitrogen and oxygen atoms in total. The van der Waals surface area contributed by atoms with Gasteiger partial charge in [-0.25, -0.2) is 5.48 Å². The summed E-state index contributed by atoms with van der Waals surface area (Å²) in [5.41, 5.74) is 4.81. The lowest BCUT2D eigenvalue weighted by atomic mass is 9.93. The molecule has 0 radical (unpaired) electrons. The average Bonchev–Trinajstić information content (AvgIpc) is 2.98. The molecule has 1 aromatic carbocycles. The molecule has 1 aromatic rings. The summed E-state index contributed by atoms with van der Waals surface area (Å²) in [6, 6.07) is 8.13. The summed E-state index contributed by atoms with van der Waals surface area (Å²) in [6.45, 7) is 23.1. The van der Waals surface area contributed by atoms with Crippen LogP contribution in [0.15, 0.2) is 42.5 Å². The Kier molecular flexibility index (Phi) is 29.7. The van der Waals surface area contributed by atoms with Crippen LogP contribution < -0.4 is 10.8 Å². The first kappa shape index (κ1) is 42.5. The second kappa shape index (κ2) is 28.6. The minimum absolute atomic E-state index is 0.124. The number of hydrogen-bond donors (Lipinski definition) is 3. The Morgan fingerprint density at radius 3 is 2.12 bits per heavy atom. The number of hydrogen-bond acceptors (Lipinski definition) is 4. The molecule has 7 heteroatoms. The van der Waals surface area contributed by atoms with Crippen molar-refractivity contribution < 1.29 is 19.6 Å². The van der Waals surface area contributed by atoms with Crippen LogP contribution in [0.1, 0.15) is 119 Å². The van der Waals surface area contributed by atoms with E-state index in [1.165, 1.54) is 6.42 Å². The van der Waals surface area contributed by atoms with Crippen molar-refractivity contribution in [2.75, 3.05) is 13.1 Å². The number of amides is 3. The summed E-state index contributed by atoms with van der Waals surface area (Å²) in [6.07, 6.45) is 9.54. The third-order valence-electron chi connectivity index (χ3n) is 5.52. The van der Waals surface area contributed by atoms with Gasteiger partial charge in [0.1, 0.15) is 0 Å². The standard InChI is InChI=1S/C27H41N3O4.C3H8.2C2H6/c1-6-9-14-30(19-21-12-10-13-23(16-21)22(8-3)11-7-2)26(32)18-28-27(33)24(15-20(4)5)17-25(31)29-34;1-3-2;2*1-2/h7-8,10-13,16,20,24,34H,6,9,14-15,17-19H2,1-5H3,(H,28,33)(H,29,31);3H2,1-2H3;2*1-2H3/b11-7-,22-8+;;;/t24-;;;/m1.../s1. The average molecular weight is 576 g/mol. The Balaban J connectivity index is -0.00000189. The van der Waals surface area contributed by atoms with Gasteiger partial charge in [-0.1, -0.05) is 112 Å². The molecule has 1 rings (SSSR count). The highest BCUT2D eigenvalue weighted by Gasteiger charge is 2.24. The van der Waals surface area contributed by atoms with E-state index in [0.717, 1.165) is 29.5 Å². The van der Waals surface area contributed by atoms with Gasteiger partial charge in [-0.3, -0.25) is 19.6 Å². The number of nitrogens with zero attached hydrogens (tertiary/aromatic N) is 1. The highest BCUT2D eigenvalue weighted by atomic mass is 16.5. The molecule has 3 amide bonds. The van der Waals surface area contributed by atoms with E-state index in [-0.39, 0.29) is 30.7 Å². The lowest BCUT2D eigenvalue weighted by Crippen LogP contribution is -2.43. The van der Waals surface area contributed by atoms with E-state index >= 15 is 0 Å². The zero-order valence-electron chi connectivity index (χ0n) is 28.0. The van der Waals surface area contributed by atoms with Crippen molar-refractivity contribution in [3.63, 3.8) is 0 Å². The number of hydroxylamine groups is 1. The van der Waals surface area contributed by atoms with E-state index in [1.54, 1.807) is 10.4 Å². The molecule has 3 N–H and O–H groups in total. The maximum absolute atomic E-state index is 13.0. The number of benzene rings is 1. The summed E-state index contributed by atoms with van der Waals surface area (Å²) >= 11 is 0. The number of rotatable bonds is 14. The van der Waals surface area contributed by atoms with Gasteiger partial charge in [0, 0.05) is 25.4 Å². The highest BCUT2D eigenvalue weighted by Crippen LogP contribution is 2.19. The molecule has 0 aliphatic rings. The van der Waals surface area contributed by atoms with Crippen LogP contribution in [0.3, 0.4) is 0 Å². The molecule has 0 spiro atoms. The van der Waals surface area contributed by atoms with E-state index < -0.39 is 11.8 Å². The first-order valence-electron chi connectivity index (χ1n) is 15.5. The molecule has 236 valence electrons. The topological polar surface area (TPSA) is 98.7 Å². The van der Waals surface area contributed by atoms with E-state index in [9.17, 15) is 14.4 Å². The van der Waals surface area contributed by atoms with Crippen LogP contribution in [0.25, 0.3) is 5.57 Å². The fraction of sp³-hybridized carbons (Fsp3) is 0.618. The Hall–Kier alpha value is -2.93. The van der Waals surface area contributed by atoms with Gasteiger partial charge >= 0.3 is 0 Å². The van der Waals surface area contributed by atoms with Gasteiger partial charge in [0.2, 0.25) is 17.7 Å². The van der Waals surface area contributed by atoms with Crippen LogP contribution in [0.4, 0.5) is 0 Å². The predicted octanol–water partition coefficient (Wildman–Crippen LogP) is 7.94. The van der Waals surface area contributed by atoms with E-state index in [1.807, 2.05) is 73.6 Å². The molecular weight excluding hydrogens is 514 g/mol. The third-order valence-corrected chi connectivity index (χ3v) is 5.52. The van der Waals surface area contributed by atoms with Crippen LogP contribution in [0, 0.1) is 11.8 Å². The normalized spacial score (nSPS) is 11.2. The monoisotopic (exact) mass is 575 g/mol. The summed E-state index contributed by atoms with van der Waals surface area (Å²) < 4.78 is 0. The second-order valence-electron chi connectivity index (χ2n) is 9.60. The molecule has 0 fully saturated rings. The molecule has 0 aromatic heterocycles. The summed E-state index contributed by atoms with van der Waals surface area (Å²) in [7, 11) is 0. The molecule has 0 unspecified atom stereocenters. The minimum Gasteiger partial charge on any atom is -0.347 e. The van der Waals surface area contributed by atoms with Gasteiger partial charge in [0.15, 0.2) is 0 Å². The summed E-state index contributed by atoms with van der Waals surface area (Å²) in [5.74, 6) is -1.55. The molecule has 0 aliphatic carbocycles. The molecule has 41 heavy (non-hydrogen) atoms. The van der Waals surface area contributed by atoms with Gasteiger partial charge in [-0.05, 0) is 55.4 Å². The molecule has 1 atom stereocenters. The fourth-order valence-electron chi connectivity index (χ4n) is 3.79. The third kappa shape index (κ3) is 20.6. The van der Waals surface area contributed by atoms with Gasteiger partial charge in [0.25, 0.3) is 0 Å². The van der Waals surface area contributed by atoms with Crippen LogP contribution in [0.2, 0.25) is 0 Å². The number of nitrogens with one attached hydrogen (secondary N) is 2. The number of carbonyl (C=O) groups is 3. The molecule has 0 saturated carbocycles. The summed E-state index contributed by atoms with van der Waals surface area (Å²) in [5, 5.41) is 11.5. The Bertz CT molecular complexity index is 878.